The van der Waals surface area contributed by atoms with Gasteiger partial charge in [0, 0.05) is 6.04 Å². The summed E-state index contributed by atoms with van der Waals surface area (Å²) in [6.45, 7) is 4.40. The van der Waals surface area contributed by atoms with E-state index in [4.69, 9.17) is 5.73 Å². The molecule has 0 aliphatic heterocycles. The fourth-order valence-electron chi connectivity index (χ4n) is 2.65. The van der Waals surface area contributed by atoms with Gasteiger partial charge in [-0.2, -0.15) is 13.2 Å². The molecule has 0 bridgehead atoms. The number of hydrogen-bond acceptors (Lipinski definition) is 2. The van der Waals surface area contributed by atoms with Gasteiger partial charge >= 0.3 is 6.18 Å². The molecule has 2 rings (SSSR count). The lowest BCUT2D eigenvalue weighted by Gasteiger charge is -2.20. The van der Waals surface area contributed by atoms with Gasteiger partial charge in [-0.15, -0.1) is 0 Å². The lowest BCUT2D eigenvalue weighted by atomic mass is 9.92. The highest BCUT2D eigenvalue weighted by Gasteiger charge is 2.32. The first-order chi connectivity index (χ1) is 8.67. The molecule has 0 saturated heterocycles. The minimum atomic E-state index is -4.35. The average Bonchev–Trinajstić information content (AvgIpc) is 2.59. The van der Waals surface area contributed by atoms with Gasteiger partial charge in [-0.1, -0.05) is 13.8 Å². The van der Waals surface area contributed by atoms with Crippen LogP contribution in [0.2, 0.25) is 0 Å². The van der Waals surface area contributed by atoms with E-state index in [0.717, 1.165) is 31.4 Å². The Morgan fingerprint density at radius 2 is 2.00 bits per heavy atom. The summed E-state index contributed by atoms with van der Waals surface area (Å²) in [5, 5.41) is 3.25. The average molecular weight is 272 g/mol. The van der Waals surface area contributed by atoms with E-state index >= 15 is 0 Å². The van der Waals surface area contributed by atoms with Crippen molar-refractivity contribution in [2.45, 2.75) is 45.3 Å². The van der Waals surface area contributed by atoms with Crippen LogP contribution in [0, 0.1) is 5.41 Å². The SMILES string of the molecule is CC1(C)CCC(Nc2ccc(C(F)(F)F)cc2N)C1. The van der Waals surface area contributed by atoms with Gasteiger partial charge < -0.3 is 11.1 Å². The van der Waals surface area contributed by atoms with E-state index in [2.05, 4.69) is 19.2 Å². The predicted molar refractivity (Wildman–Crippen MR) is 70.9 cm³/mol. The number of rotatable bonds is 2. The van der Waals surface area contributed by atoms with Gasteiger partial charge in [0.25, 0.3) is 0 Å². The monoisotopic (exact) mass is 272 g/mol. The molecule has 0 radical (unpaired) electrons. The Balaban J connectivity index is 2.10. The van der Waals surface area contributed by atoms with Crippen LogP contribution in [-0.4, -0.2) is 6.04 Å². The Morgan fingerprint density at radius 3 is 2.47 bits per heavy atom. The minimum Gasteiger partial charge on any atom is -0.397 e. The standard InChI is InChI=1S/C14H19F3N2/c1-13(2)6-5-10(8-13)19-12-4-3-9(7-11(12)18)14(15,16)17/h3-4,7,10,19H,5-6,8,18H2,1-2H3. The lowest BCUT2D eigenvalue weighted by Crippen LogP contribution is -2.18. The zero-order valence-corrected chi connectivity index (χ0v) is 11.1. The minimum absolute atomic E-state index is 0.152. The third-order valence-corrected chi connectivity index (χ3v) is 3.71. The number of hydrogen-bond donors (Lipinski definition) is 2. The lowest BCUT2D eigenvalue weighted by molar-refractivity contribution is -0.137. The van der Waals surface area contributed by atoms with E-state index in [1.807, 2.05) is 0 Å². The van der Waals surface area contributed by atoms with Crippen molar-refractivity contribution in [2.75, 3.05) is 11.1 Å². The second-order valence-electron chi connectivity index (χ2n) is 6.05. The maximum absolute atomic E-state index is 12.5. The van der Waals surface area contributed by atoms with Gasteiger partial charge in [0.15, 0.2) is 0 Å². The summed E-state index contributed by atoms with van der Waals surface area (Å²) in [4.78, 5) is 0. The summed E-state index contributed by atoms with van der Waals surface area (Å²) in [6.07, 6.45) is -1.20. The van der Waals surface area contributed by atoms with Crippen molar-refractivity contribution in [2.24, 2.45) is 5.41 Å². The highest BCUT2D eigenvalue weighted by Crippen LogP contribution is 2.39. The summed E-state index contributed by atoms with van der Waals surface area (Å²) < 4.78 is 37.6. The molecule has 1 unspecified atom stereocenters. The highest BCUT2D eigenvalue weighted by atomic mass is 19.4. The summed E-state index contributed by atoms with van der Waals surface area (Å²) in [6, 6.07) is 3.76. The Kier molecular flexibility index (Phi) is 3.41. The van der Waals surface area contributed by atoms with E-state index in [0.29, 0.717) is 11.1 Å². The van der Waals surface area contributed by atoms with Crippen LogP contribution in [0.3, 0.4) is 0 Å². The zero-order chi connectivity index (χ0) is 14.3. The van der Waals surface area contributed by atoms with Crippen LogP contribution in [-0.2, 0) is 6.18 Å². The fraction of sp³-hybridized carbons (Fsp3) is 0.571. The first-order valence-electron chi connectivity index (χ1n) is 6.41. The normalized spacial score (nSPS) is 22.5. The number of nitrogen functional groups attached to an aromatic ring is 1. The molecule has 2 nitrogen and oxygen atoms in total. The molecule has 1 saturated carbocycles. The maximum atomic E-state index is 12.5. The van der Waals surface area contributed by atoms with Crippen molar-refractivity contribution in [3.63, 3.8) is 0 Å². The third-order valence-electron chi connectivity index (χ3n) is 3.71. The fourth-order valence-corrected chi connectivity index (χ4v) is 2.65. The Bertz CT molecular complexity index is 466. The Labute approximate surface area is 111 Å². The smallest absolute Gasteiger partial charge is 0.397 e. The van der Waals surface area contributed by atoms with E-state index in [1.54, 1.807) is 0 Å². The van der Waals surface area contributed by atoms with E-state index in [1.165, 1.54) is 6.07 Å². The summed E-state index contributed by atoms with van der Waals surface area (Å²) in [5.41, 5.74) is 6.03. The molecule has 1 fully saturated rings. The molecule has 1 aliphatic rings. The molecule has 1 aliphatic carbocycles. The largest absolute Gasteiger partial charge is 0.416 e. The molecule has 5 heteroatoms. The van der Waals surface area contributed by atoms with E-state index < -0.39 is 11.7 Å². The first-order valence-corrected chi connectivity index (χ1v) is 6.41. The quantitative estimate of drug-likeness (QED) is 0.789. The van der Waals surface area contributed by atoms with Crippen molar-refractivity contribution < 1.29 is 13.2 Å². The number of alkyl halides is 3. The zero-order valence-electron chi connectivity index (χ0n) is 11.1. The van der Waals surface area contributed by atoms with Crippen LogP contribution in [0.5, 0.6) is 0 Å². The summed E-state index contributed by atoms with van der Waals surface area (Å²) in [5.74, 6) is 0. The second-order valence-corrected chi connectivity index (χ2v) is 6.05. The molecule has 3 N–H and O–H groups in total. The van der Waals surface area contributed by atoms with Crippen molar-refractivity contribution in [3.8, 4) is 0 Å². The molecule has 0 amide bonds. The van der Waals surface area contributed by atoms with Crippen molar-refractivity contribution in [3.05, 3.63) is 23.8 Å². The molecule has 1 atom stereocenters. The van der Waals surface area contributed by atoms with Gasteiger partial charge in [0.05, 0.1) is 16.9 Å². The number of anilines is 2. The van der Waals surface area contributed by atoms with Crippen molar-refractivity contribution in [1.29, 1.82) is 0 Å². The first kappa shape index (κ1) is 14.0. The van der Waals surface area contributed by atoms with Gasteiger partial charge in [-0.05, 0) is 42.9 Å². The van der Waals surface area contributed by atoms with E-state index in [-0.39, 0.29) is 11.7 Å². The number of nitrogens with one attached hydrogen (secondary N) is 1. The van der Waals surface area contributed by atoms with Crippen LogP contribution in [0.25, 0.3) is 0 Å². The van der Waals surface area contributed by atoms with Crippen LogP contribution < -0.4 is 11.1 Å². The van der Waals surface area contributed by atoms with Gasteiger partial charge in [0.2, 0.25) is 0 Å². The van der Waals surface area contributed by atoms with Crippen molar-refractivity contribution >= 4 is 11.4 Å². The van der Waals surface area contributed by atoms with Crippen LogP contribution in [0.15, 0.2) is 18.2 Å². The number of benzene rings is 1. The third kappa shape index (κ3) is 3.33. The number of nitrogens with two attached hydrogens (primary N) is 1. The molecule has 0 heterocycles. The summed E-state index contributed by atoms with van der Waals surface area (Å²) >= 11 is 0. The highest BCUT2D eigenvalue weighted by molar-refractivity contribution is 5.67. The van der Waals surface area contributed by atoms with Crippen LogP contribution in [0.1, 0.15) is 38.7 Å². The molecule has 106 valence electrons. The Hall–Kier alpha value is -1.39. The molecule has 19 heavy (non-hydrogen) atoms. The van der Waals surface area contributed by atoms with Crippen LogP contribution in [0.4, 0.5) is 24.5 Å². The maximum Gasteiger partial charge on any atom is 0.416 e. The molecule has 1 aromatic carbocycles. The predicted octanol–water partition coefficient (Wildman–Crippen LogP) is 4.28. The second kappa shape index (κ2) is 4.62. The van der Waals surface area contributed by atoms with Gasteiger partial charge in [-0.3, -0.25) is 0 Å². The molecule has 1 aromatic rings. The molecule has 0 spiro atoms. The molecular weight excluding hydrogens is 253 g/mol. The molecular formula is C14H19F3N2. The topological polar surface area (TPSA) is 38.0 Å². The van der Waals surface area contributed by atoms with E-state index in [9.17, 15) is 13.2 Å². The van der Waals surface area contributed by atoms with Gasteiger partial charge in [0.1, 0.15) is 0 Å². The number of halogens is 3. The summed E-state index contributed by atoms with van der Waals surface area (Å²) in [7, 11) is 0. The molecule has 0 aromatic heterocycles. The van der Waals surface area contributed by atoms with Crippen molar-refractivity contribution in [1.82, 2.24) is 0 Å². The van der Waals surface area contributed by atoms with Crippen LogP contribution >= 0.6 is 0 Å². The Morgan fingerprint density at radius 1 is 1.32 bits per heavy atom. The van der Waals surface area contributed by atoms with Gasteiger partial charge in [-0.25, -0.2) is 0 Å².